The minimum Gasteiger partial charge on any atom is -0.322 e. The number of imide groups is 1. The maximum atomic E-state index is 13.4. The standard InChI is InChI=1S/C28H23N3O3/c1-28(24-13-7-9-20-8-5-6-12-23(20)24)26(33)31(27(34)30-28)18-19-14-16-21(17-15-19)25(32)29-22-10-3-2-4-11-22/h2-17H,18H2,1H3,(H,29,32)(H,30,34)/t28-/m1/s1. The number of rotatable bonds is 5. The Balaban J connectivity index is 1.34. The summed E-state index contributed by atoms with van der Waals surface area (Å²) in [5.74, 6) is -0.531. The topological polar surface area (TPSA) is 78.5 Å². The number of hydrogen-bond acceptors (Lipinski definition) is 3. The SMILES string of the molecule is C[C@]1(c2cccc3ccccc23)NC(=O)N(Cc2ccc(C(=O)Nc3ccccc3)cc2)C1=O. The highest BCUT2D eigenvalue weighted by molar-refractivity contribution is 6.09. The van der Waals surface area contributed by atoms with Crippen LogP contribution in [0.1, 0.15) is 28.4 Å². The van der Waals surface area contributed by atoms with Crippen LogP contribution in [0, 0.1) is 0 Å². The number of urea groups is 1. The molecule has 1 atom stereocenters. The molecule has 2 N–H and O–H groups in total. The lowest BCUT2D eigenvalue weighted by atomic mass is 9.88. The lowest BCUT2D eigenvalue weighted by Crippen LogP contribution is -2.41. The van der Waals surface area contributed by atoms with Gasteiger partial charge >= 0.3 is 6.03 Å². The van der Waals surface area contributed by atoms with E-state index in [9.17, 15) is 14.4 Å². The molecular weight excluding hydrogens is 426 g/mol. The summed E-state index contributed by atoms with van der Waals surface area (Å²) in [6.45, 7) is 1.86. The Labute approximate surface area is 197 Å². The summed E-state index contributed by atoms with van der Waals surface area (Å²) in [6.07, 6.45) is 0. The van der Waals surface area contributed by atoms with Crippen LogP contribution < -0.4 is 10.6 Å². The van der Waals surface area contributed by atoms with E-state index in [0.29, 0.717) is 11.3 Å². The summed E-state index contributed by atoms with van der Waals surface area (Å²) in [7, 11) is 0. The molecule has 1 fully saturated rings. The van der Waals surface area contributed by atoms with Crippen molar-refractivity contribution in [3.05, 3.63) is 114 Å². The fourth-order valence-corrected chi connectivity index (χ4v) is 4.35. The van der Waals surface area contributed by atoms with E-state index in [-0.39, 0.29) is 18.4 Å². The highest BCUT2D eigenvalue weighted by Crippen LogP contribution is 2.34. The molecular formula is C28H23N3O3. The molecule has 0 aromatic heterocycles. The summed E-state index contributed by atoms with van der Waals surface area (Å²) in [4.78, 5) is 40.0. The molecule has 0 spiro atoms. The quantitative estimate of drug-likeness (QED) is 0.418. The lowest BCUT2D eigenvalue weighted by Gasteiger charge is -2.24. The fraction of sp³-hybridized carbons (Fsp3) is 0.107. The average molecular weight is 450 g/mol. The van der Waals surface area contributed by atoms with Crippen LogP contribution in [-0.4, -0.2) is 22.7 Å². The molecule has 0 saturated carbocycles. The Morgan fingerprint density at radius 1 is 0.853 bits per heavy atom. The van der Waals surface area contributed by atoms with Crippen molar-refractivity contribution in [3.63, 3.8) is 0 Å². The zero-order chi connectivity index (χ0) is 23.7. The van der Waals surface area contributed by atoms with Gasteiger partial charge in [0.1, 0.15) is 5.54 Å². The van der Waals surface area contributed by atoms with Crippen molar-refractivity contribution in [3.8, 4) is 0 Å². The molecule has 0 radical (unpaired) electrons. The Hall–Kier alpha value is -4.45. The highest BCUT2D eigenvalue weighted by Gasteiger charge is 2.49. The van der Waals surface area contributed by atoms with Gasteiger partial charge in [-0.3, -0.25) is 14.5 Å². The van der Waals surface area contributed by atoms with E-state index in [0.717, 1.165) is 21.9 Å². The molecule has 4 amide bonds. The molecule has 5 rings (SSSR count). The molecule has 168 valence electrons. The van der Waals surface area contributed by atoms with Crippen LogP contribution in [0.2, 0.25) is 0 Å². The zero-order valence-corrected chi connectivity index (χ0v) is 18.6. The van der Waals surface area contributed by atoms with Gasteiger partial charge in [-0.05, 0) is 53.1 Å². The Kier molecular flexibility index (Phi) is 5.34. The van der Waals surface area contributed by atoms with Gasteiger partial charge in [0.15, 0.2) is 0 Å². The summed E-state index contributed by atoms with van der Waals surface area (Å²) >= 11 is 0. The number of hydrogen-bond donors (Lipinski definition) is 2. The van der Waals surface area contributed by atoms with Gasteiger partial charge in [0, 0.05) is 11.3 Å². The van der Waals surface area contributed by atoms with Crippen LogP contribution in [0.25, 0.3) is 10.8 Å². The lowest BCUT2D eigenvalue weighted by molar-refractivity contribution is -0.131. The van der Waals surface area contributed by atoms with Gasteiger partial charge in [-0.25, -0.2) is 4.79 Å². The first-order valence-electron chi connectivity index (χ1n) is 11.0. The average Bonchev–Trinajstić information content (AvgIpc) is 3.08. The third-order valence-corrected chi connectivity index (χ3v) is 6.19. The van der Waals surface area contributed by atoms with Crippen molar-refractivity contribution >= 4 is 34.3 Å². The first-order valence-corrected chi connectivity index (χ1v) is 11.0. The monoisotopic (exact) mass is 449 g/mol. The second-order valence-electron chi connectivity index (χ2n) is 8.49. The van der Waals surface area contributed by atoms with E-state index >= 15 is 0 Å². The number of nitrogens with zero attached hydrogens (tertiary/aromatic N) is 1. The number of nitrogens with one attached hydrogen (secondary N) is 2. The Bertz CT molecular complexity index is 1390. The van der Waals surface area contributed by atoms with E-state index in [1.54, 1.807) is 31.2 Å². The highest BCUT2D eigenvalue weighted by atomic mass is 16.2. The molecule has 1 saturated heterocycles. The Morgan fingerprint density at radius 3 is 2.29 bits per heavy atom. The number of fused-ring (bicyclic) bond motifs is 1. The van der Waals surface area contributed by atoms with Crippen molar-refractivity contribution in [2.45, 2.75) is 19.0 Å². The van der Waals surface area contributed by atoms with Crippen molar-refractivity contribution in [1.82, 2.24) is 10.2 Å². The zero-order valence-electron chi connectivity index (χ0n) is 18.6. The number of carbonyl (C=O) groups is 3. The maximum absolute atomic E-state index is 13.4. The molecule has 6 heteroatoms. The van der Waals surface area contributed by atoms with Gasteiger partial charge < -0.3 is 10.6 Å². The smallest absolute Gasteiger partial charge is 0.322 e. The predicted octanol–water partition coefficient (Wildman–Crippen LogP) is 5.06. The second kappa shape index (κ2) is 8.48. The maximum Gasteiger partial charge on any atom is 0.325 e. The normalized spacial score (nSPS) is 17.6. The summed E-state index contributed by atoms with van der Waals surface area (Å²) in [6, 6.07) is 29.2. The van der Waals surface area contributed by atoms with Gasteiger partial charge in [-0.15, -0.1) is 0 Å². The summed E-state index contributed by atoms with van der Waals surface area (Å²) in [5.41, 5.74) is 1.56. The van der Waals surface area contributed by atoms with Crippen molar-refractivity contribution in [1.29, 1.82) is 0 Å². The van der Waals surface area contributed by atoms with Gasteiger partial charge in [0.25, 0.3) is 11.8 Å². The molecule has 4 aromatic carbocycles. The van der Waals surface area contributed by atoms with E-state index in [1.807, 2.05) is 72.8 Å². The summed E-state index contributed by atoms with van der Waals surface area (Å²) < 4.78 is 0. The third kappa shape index (κ3) is 3.79. The predicted molar refractivity (Wildman–Crippen MR) is 131 cm³/mol. The number of anilines is 1. The first-order chi connectivity index (χ1) is 16.5. The number of carbonyl (C=O) groups excluding carboxylic acids is 3. The molecule has 1 heterocycles. The number of para-hydroxylation sites is 1. The molecule has 0 unspecified atom stereocenters. The van der Waals surface area contributed by atoms with Crippen LogP contribution in [0.3, 0.4) is 0 Å². The van der Waals surface area contributed by atoms with E-state index in [2.05, 4.69) is 10.6 Å². The van der Waals surface area contributed by atoms with Gasteiger partial charge in [-0.1, -0.05) is 72.8 Å². The van der Waals surface area contributed by atoms with Crippen LogP contribution in [0.15, 0.2) is 97.1 Å². The van der Waals surface area contributed by atoms with E-state index in [1.165, 1.54) is 4.90 Å². The van der Waals surface area contributed by atoms with Crippen LogP contribution >= 0.6 is 0 Å². The van der Waals surface area contributed by atoms with E-state index < -0.39 is 11.6 Å². The molecule has 4 aromatic rings. The van der Waals surface area contributed by atoms with Gasteiger partial charge in [0.2, 0.25) is 0 Å². The Morgan fingerprint density at radius 2 is 1.53 bits per heavy atom. The second-order valence-corrected chi connectivity index (χ2v) is 8.49. The minimum absolute atomic E-state index is 0.117. The number of benzene rings is 4. The number of amides is 4. The van der Waals surface area contributed by atoms with Crippen LogP contribution in [0.5, 0.6) is 0 Å². The third-order valence-electron chi connectivity index (χ3n) is 6.19. The molecule has 0 bridgehead atoms. The molecule has 1 aliphatic rings. The fourth-order valence-electron chi connectivity index (χ4n) is 4.35. The van der Waals surface area contributed by atoms with Gasteiger partial charge in [0.05, 0.1) is 6.54 Å². The minimum atomic E-state index is -1.16. The van der Waals surface area contributed by atoms with Crippen LogP contribution in [-0.2, 0) is 16.9 Å². The van der Waals surface area contributed by atoms with Gasteiger partial charge in [-0.2, -0.15) is 0 Å². The first kappa shape index (κ1) is 21.4. The van der Waals surface area contributed by atoms with E-state index in [4.69, 9.17) is 0 Å². The van der Waals surface area contributed by atoms with Crippen LogP contribution in [0.4, 0.5) is 10.5 Å². The summed E-state index contributed by atoms with van der Waals surface area (Å²) in [5, 5.41) is 7.66. The largest absolute Gasteiger partial charge is 0.325 e. The van der Waals surface area contributed by atoms with Crippen molar-refractivity contribution in [2.75, 3.05) is 5.32 Å². The molecule has 34 heavy (non-hydrogen) atoms. The van der Waals surface area contributed by atoms with Crippen molar-refractivity contribution < 1.29 is 14.4 Å². The molecule has 0 aliphatic carbocycles. The molecule has 1 aliphatic heterocycles. The molecule has 6 nitrogen and oxygen atoms in total. The van der Waals surface area contributed by atoms with Crippen molar-refractivity contribution in [2.24, 2.45) is 0 Å².